The summed E-state index contributed by atoms with van der Waals surface area (Å²) in [5, 5.41) is 40.5. The van der Waals surface area contributed by atoms with Gasteiger partial charge in [0.15, 0.2) is 11.5 Å². The lowest BCUT2D eigenvalue weighted by Crippen LogP contribution is -1.99. The Hall–Kier alpha value is -3.09. The second kappa shape index (κ2) is 7.03. The van der Waals surface area contributed by atoms with Gasteiger partial charge in [-0.2, -0.15) is 0 Å². The minimum Gasteiger partial charge on any atom is -0.508 e. The van der Waals surface area contributed by atoms with Crippen molar-refractivity contribution in [2.75, 3.05) is 7.11 Å². The Morgan fingerprint density at radius 3 is 2.38 bits per heavy atom. The van der Waals surface area contributed by atoms with Crippen LogP contribution in [-0.4, -0.2) is 33.8 Å². The second-order valence-corrected chi connectivity index (χ2v) is 5.84. The van der Waals surface area contributed by atoms with Crippen LogP contribution >= 0.6 is 0 Å². The molecule has 0 fully saturated rings. The van der Waals surface area contributed by atoms with E-state index in [1.807, 2.05) is 0 Å². The summed E-state index contributed by atoms with van der Waals surface area (Å²) in [6, 6.07) is 9.37. The van der Waals surface area contributed by atoms with Crippen LogP contribution in [0.25, 0.3) is 21.9 Å². The summed E-state index contributed by atoms with van der Waals surface area (Å²) in [5.41, 5.74) is 2.15. The van der Waals surface area contributed by atoms with E-state index in [-0.39, 0.29) is 30.5 Å². The summed E-state index contributed by atoms with van der Waals surface area (Å²) >= 11 is 0. The van der Waals surface area contributed by atoms with Crippen molar-refractivity contribution in [2.45, 2.75) is 13.2 Å². The van der Waals surface area contributed by atoms with Gasteiger partial charge in [-0.1, -0.05) is 6.07 Å². The highest BCUT2D eigenvalue weighted by Gasteiger charge is 2.17. The van der Waals surface area contributed by atoms with Crippen LogP contribution in [0.4, 0.5) is 0 Å². The molecule has 0 heterocycles. The van der Waals surface area contributed by atoms with Gasteiger partial charge in [-0.15, -0.1) is 0 Å². The van der Waals surface area contributed by atoms with Gasteiger partial charge < -0.3 is 25.2 Å². The minimum absolute atomic E-state index is 0.0536. The van der Waals surface area contributed by atoms with Gasteiger partial charge in [-0.25, -0.2) is 0 Å². The van der Waals surface area contributed by atoms with Gasteiger partial charge in [0.1, 0.15) is 12.0 Å². The molecule has 4 N–H and O–H groups in total. The molecule has 134 valence electrons. The van der Waals surface area contributed by atoms with E-state index in [1.165, 1.54) is 19.2 Å². The van der Waals surface area contributed by atoms with Crippen LogP contribution in [0.5, 0.6) is 17.2 Å². The number of benzene rings is 3. The first-order valence-corrected chi connectivity index (χ1v) is 7.89. The van der Waals surface area contributed by atoms with Gasteiger partial charge in [0.2, 0.25) is 0 Å². The number of ether oxygens (including phenoxy) is 1. The van der Waals surface area contributed by atoms with Crippen molar-refractivity contribution < 1.29 is 30.0 Å². The van der Waals surface area contributed by atoms with Crippen molar-refractivity contribution in [3.63, 3.8) is 0 Å². The summed E-state index contributed by atoms with van der Waals surface area (Å²) in [5.74, 6) is 0.131. The van der Waals surface area contributed by atoms with Crippen molar-refractivity contribution in [3.8, 4) is 28.4 Å². The van der Waals surface area contributed by atoms with Gasteiger partial charge in [0, 0.05) is 11.1 Å². The molecule has 0 aromatic heterocycles. The quantitative estimate of drug-likeness (QED) is 0.525. The fraction of sp³-hybridized carbons (Fsp3) is 0.150. The predicted molar refractivity (Wildman–Crippen MR) is 96.5 cm³/mol. The Morgan fingerprint density at radius 2 is 1.77 bits per heavy atom. The van der Waals surface area contributed by atoms with E-state index in [4.69, 9.17) is 4.74 Å². The fourth-order valence-electron chi connectivity index (χ4n) is 3.12. The van der Waals surface area contributed by atoms with Crippen molar-refractivity contribution in [2.24, 2.45) is 0 Å². The zero-order chi connectivity index (χ0) is 18.8. The molecule has 0 radical (unpaired) electrons. The Morgan fingerprint density at radius 1 is 1.00 bits per heavy atom. The predicted octanol–water partition coefficient (Wildman–Crippen LogP) is 2.72. The number of carbonyl (C=O) groups excluding carboxylic acids is 1. The first kappa shape index (κ1) is 17.7. The third-order valence-electron chi connectivity index (χ3n) is 4.41. The van der Waals surface area contributed by atoms with Crippen LogP contribution in [0, 0.1) is 0 Å². The number of aliphatic hydroxyl groups is 2. The standard InChI is InChI=1S/C20H18O6/c1-26-19-6-12-5-13(8-21)16(10-23)20(15(12)7-18(19)25)11-2-3-17(24)14(4-11)9-22/h2-8,22-25H,9-10H2,1H3. The Kier molecular flexibility index (Phi) is 4.79. The summed E-state index contributed by atoms with van der Waals surface area (Å²) in [7, 11) is 1.43. The number of aromatic hydroxyl groups is 2. The van der Waals surface area contributed by atoms with Gasteiger partial charge in [-0.05, 0) is 57.8 Å². The largest absolute Gasteiger partial charge is 0.508 e. The molecule has 0 atom stereocenters. The van der Waals surface area contributed by atoms with Crippen LogP contribution in [0.15, 0.2) is 36.4 Å². The summed E-state index contributed by atoms with van der Waals surface area (Å²) in [4.78, 5) is 11.5. The molecule has 0 spiro atoms. The fourth-order valence-corrected chi connectivity index (χ4v) is 3.12. The maximum absolute atomic E-state index is 11.5. The van der Waals surface area contributed by atoms with E-state index in [9.17, 15) is 25.2 Å². The van der Waals surface area contributed by atoms with Gasteiger partial charge in [0.25, 0.3) is 0 Å². The van der Waals surface area contributed by atoms with Crippen LogP contribution in [0.1, 0.15) is 21.5 Å². The van der Waals surface area contributed by atoms with E-state index < -0.39 is 0 Å². The SMILES string of the molecule is COc1cc2cc(C=O)c(CO)c(-c3ccc(O)c(CO)c3)c2cc1O. The Labute approximate surface area is 149 Å². The molecule has 6 nitrogen and oxygen atoms in total. The molecule has 0 unspecified atom stereocenters. The number of hydrogen-bond donors (Lipinski definition) is 4. The molecule has 0 amide bonds. The molecule has 0 aliphatic carbocycles. The molecule has 0 bridgehead atoms. The van der Waals surface area contributed by atoms with E-state index >= 15 is 0 Å². The molecule has 0 aliphatic rings. The highest BCUT2D eigenvalue weighted by Crippen LogP contribution is 2.40. The second-order valence-electron chi connectivity index (χ2n) is 5.84. The van der Waals surface area contributed by atoms with Crippen molar-refractivity contribution in [3.05, 3.63) is 53.1 Å². The molecular formula is C20H18O6. The van der Waals surface area contributed by atoms with Crippen LogP contribution in [0.3, 0.4) is 0 Å². The maximum Gasteiger partial charge on any atom is 0.161 e. The normalized spacial score (nSPS) is 10.9. The van der Waals surface area contributed by atoms with Crippen LogP contribution in [-0.2, 0) is 13.2 Å². The molecule has 3 rings (SSSR count). The number of phenols is 2. The Balaban J connectivity index is 2.44. The number of methoxy groups -OCH3 is 1. The molecule has 0 saturated carbocycles. The third-order valence-corrected chi connectivity index (χ3v) is 4.41. The molecule has 3 aromatic rings. The highest BCUT2D eigenvalue weighted by atomic mass is 16.5. The lowest BCUT2D eigenvalue weighted by atomic mass is 9.89. The van der Waals surface area contributed by atoms with Crippen LogP contribution < -0.4 is 4.74 Å². The topological polar surface area (TPSA) is 107 Å². The number of aldehydes is 1. The molecular weight excluding hydrogens is 336 g/mol. The van der Waals surface area contributed by atoms with Gasteiger partial charge in [0.05, 0.1) is 20.3 Å². The number of aliphatic hydroxyl groups excluding tert-OH is 2. The molecule has 6 heteroatoms. The smallest absolute Gasteiger partial charge is 0.161 e. The first-order valence-electron chi connectivity index (χ1n) is 7.89. The zero-order valence-electron chi connectivity index (χ0n) is 14.1. The summed E-state index contributed by atoms with van der Waals surface area (Å²) in [6.45, 7) is -0.750. The minimum atomic E-state index is -0.387. The van der Waals surface area contributed by atoms with Crippen LogP contribution in [0.2, 0.25) is 0 Å². The molecule has 3 aromatic carbocycles. The van der Waals surface area contributed by atoms with Gasteiger partial charge >= 0.3 is 0 Å². The highest BCUT2D eigenvalue weighted by molar-refractivity contribution is 6.04. The van der Waals surface area contributed by atoms with E-state index in [2.05, 4.69) is 0 Å². The molecule has 0 aliphatic heterocycles. The van der Waals surface area contributed by atoms with Crippen molar-refractivity contribution in [1.82, 2.24) is 0 Å². The number of hydrogen-bond acceptors (Lipinski definition) is 6. The van der Waals surface area contributed by atoms with E-state index in [0.717, 1.165) is 0 Å². The average Bonchev–Trinajstić information content (AvgIpc) is 2.66. The van der Waals surface area contributed by atoms with E-state index in [1.54, 1.807) is 24.3 Å². The van der Waals surface area contributed by atoms with Crippen molar-refractivity contribution >= 4 is 17.1 Å². The number of phenolic OH excluding ortho intramolecular Hbond substituents is 1. The first-order chi connectivity index (χ1) is 12.5. The van der Waals surface area contributed by atoms with Gasteiger partial charge in [-0.3, -0.25) is 4.79 Å². The molecule has 26 heavy (non-hydrogen) atoms. The zero-order valence-corrected chi connectivity index (χ0v) is 14.1. The summed E-state index contributed by atoms with van der Waals surface area (Å²) < 4.78 is 5.13. The average molecular weight is 354 g/mol. The number of fused-ring (bicyclic) bond motifs is 1. The monoisotopic (exact) mass is 354 g/mol. The van der Waals surface area contributed by atoms with Crippen molar-refractivity contribution in [1.29, 1.82) is 0 Å². The Bertz CT molecular complexity index is 993. The maximum atomic E-state index is 11.5. The lowest BCUT2D eigenvalue weighted by molar-refractivity contribution is 0.112. The van der Waals surface area contributed by atoms with E-state index in [0.29, 0.717) is 44.9 Å². The molecule has 0 saturated heterocycles. The summed E-state index contributed by atoms with van der Waals surface area (Å²) in [6.07, 6.45) is 0.654. The number of carbonyl (C=O) groups is 1. The number of rotatable bonds is 5. The third kappa shape index (κ3) is 2.85. The lowest BCUT2D eigenvalue weighted by Gasteiger charge is -2.17.